The molecule has 0 amide bonds. The van der Waals surface area contributed by atoms with Crippen molar-refractivity contribution in [1.82, 2.24) is 10.0 Å². The SMILES string of the molecule is CCS(=O)CCNS(=O)(=O)c1ccc(CNC(C)C)cc1. The van der Waals surface area contributed by atoms with Gasteiger partial charge >= 0.3 is 0 Å². The Kier molecular flexibility index (Phi) is 7.51. The van der Waals surface area contributed by atoms with Crippen LogP contribution in [0.15, 0.2) is 29.2 Å². The highest BCUT2D eigenvalue weighted by atomic mass is 32.2. The molecule has 120 valence electrons. The van der Waals surface area contributed by atoms with Crippen molar-refractivity contribution in [1.29, 1.82) is 0 Å². The smallest absolute Gasteiger partial charge is 0.240 e. The molecule has 1 unspecified atom stereocenters. The van der Waals surface area contributed by atoms with Gasteiger partial charge in [-0.15, -0.1) is 0 Å². The number of nitrogens with one attached hydrogen (secondary N) is 2. The van der Waals surface area contributed by atoms with Crippen LogP contribution in [0.3, 0.4) is 0 Å². The molecule has 1 aromatic carbocycles. The van der Waals surface area contributed by atoms with Crippen LogP contribution in [0.1, 0.15) is 26.3 Å². The quantitative estimate of drug-likeness (QED) is 0.713. The maximum absolute atomic E-state index is 12.1. The molecule has 1 rings (SSSR count). The van der Waals surface area contributed by atoms with Gasteiger partial charge in [-0.2, -0.15) is 0 Å². The summed E-state index contributed by atoms with van der Waals surface area (Å²) in [5.74, 6) is 0.880. The molecule has 0 aliphatic rings. The van der Waals surface area contributed by atoms with Crippen LogP contribution in [0.25, 0.3) is 0 Å². The highest BCUT2D eigenvalue weighted by Crippen LogP contribution is 2.10. The molecule has 2 N–H and O–H groups in total. The van der Waals surface area contributed by atoms with Gasteiger partial charge in [-0.3, -0.25) is 4.21 Å². The lowest BCUT2D eigenvalue weighted by atomic mass is 10.2. The van der Waals surface area contributed by atoms with Gasteiger partial charge in [0.25, 0.3) is 0 Å². The van der Waals surface area contributed by atoms with Gasteiger partial charge in [0.05, 0.1) is 4.90 Å². The van der Waals surface area contributed by atoms with Crippen LogP contribution in [-0.4, -0.2) is 36.7 Å². The first-order chi connectivity index (χ1) is 9.85. The van der Waals surface area contributed by atoms with Gasteiger partial charge in [-0.1, -0.05) is 32.9 Å². The summed E-state index contributed by atoms with van der Waals surface area (Å²) in [6, 6.07) is 7.17. The summed E-state index contributed by atoms with van der Waals surface area (Å²) in [6.45, 7) is 6.83. The van der Waals surface area contributed by atoms with Crippen LogP contribution in [-0.2, 0) is 27.4 Å². The lowest BCUT2D eigenvalue weighted by Crippen LogP contribution is -2.28. The fraction of sp³-hybridized carbons (Fsp3) is 0.571. The number of hydrogen-bond donors (Lipinski definition) is 2. The number of sulfonamides is 1. The number of rotatable bonds is 9. The second kappa shape index (κ2) is 8.63. The van der Waals surface area contributed by atoms with Crippen molar-refractivity contribution in [3.63, 3.8) is 0 Å². The molecule has 0 fully saturated rings. The second-order valence-corrected chi connectivity index (χ2v) is 8.64. The Morgan fingerprint density at radius 2 is 1.81 bits per heavy atom. The van der Waals surface area contributed by atoms with Crippen LogP contribution in [0.4, 0.5) is 0 Å². The van der Waals surface area contributed by atoms with Crippen LogP contribution in [0, 0.1) is 0 Å². The molecule has 0 radical (unpaired) electrons. The third-order valence-electron chi connectivity index (χ3n) is 2.89. The standard InChI is InChI=1S/C14H24N2O3S2/c1-4-20(17)10-9-16-21(18,19)14-7-5-13(6-8-14)11-15-12(2)3/h5-8,12,15-16H,4,9-11H2,1-3H3. The highest BCUT2D eigenvalue weighted by molar-refractivity contribution is 7.89. The summed E-state index contributed by atoms with van der Waals surface area (Å²) < 4.78 is 37.9. The number of benzene rings is 1. The largest absolute Gasteiger partial charge is 0.310 e. The molecular formula is C14H24N2O3S2. The maximum Gasteiger partial charge on any atom is 0.240 e. The predicted octanol–water partition coefficient (Wildman–Crippen LogP) is 1.23. The summed E-state index contributed by atoms with van der Waals surface area (Å²) >= 11 is 0. The molecule has 0 aromatic heterocycles. The van der Waals surface area contributed by atoms with Gasteiger partial charge in [0.1, 0.15) is 0 Å². The summed E-state index contributed by atoms with van der Waals surface area (Å²) in [5, 5.41) is 3.27. The van der Waals surface area contributed by atoms with E-state index < -0.39 is 20.8 Å². The first-order valence-corrected chi connectivity index (χ1v) is 9.99. The summed E-state index contributed by atoms with van der Waals surface area (Å²) in [4.78, 5) is 0.234. The Morgan fingerprint density at radius 1 is 1.19 bits per heavy atom. The first-order valence-electron chi connectivity index (χ1n) is 7.02. The zero-order chi connectivity index (χ0) is 15.9. The summed E-state index contributed by atoms with van der Waals surface area (Å²) in [6.07, 6.45) is 0. The van der Waals surface area contributed by atoms with E-state index in [9.17, 15) is 12.6 Å². The molecule has 1 atom stereocenters. The highest BCUT2D eigenvalue weighted by Gasteiger charge is 2.13. The van der Waals surface area contributed by atoms with Crippen molar-refractivity contribution >= 4 is 20.8 Å². The van der Waals surface area contributed by atoms with Gasteiger partial charge < -0.3 is 5.32 Å². The normalized spacial score (nSPS) is 13.5. The molecule has 0 bridgehead atoms. The Labute approximate surface area is 130 Å². The van der Waals surface area contributed by atoms with Crippen LogP contribution in [0.2, 0.25) is 0 Å². The van der Waals surface area contributed by atoms with E-state index in [2.05, 4.69) is 23.9 Å². The Hall–Kier alpha value is -0.760. The third kappa shape index (κ3) is 6.69. The molecule has 0 saturated carbocycles. The van der Waals surface area contributed by atoms with Crippen molar-refractivity contribution < 1.29 is 12.6 Å². The van der Waals surface area contributed by atoms with Crippen molar-refractivity contribution in [2.24, 2.45) is 0 Å². The average Bonchev–Trinajstić information content (AvgIpc) is 2.45. The number of hydrogen-bond acceptors (Lipinski definition) is 4. The van der Waals surface area contributed by atoms with E-state index in [0.29, 0.717) is 24.1 Å². The lowest BCUT2D eigenvalue weighted by Gasteiger charge is -2.09. The Bertz CT molecular complexity index is 554. The third-order valence-corrected chi connectivity index (χ3v) is 5.67. The minimum atomic E-state index is -3.52. The van der Waals surface area contributed by atoms with Crippen LogP contribution >= 0.6 is 0 Å². The van der Waals surface area contributed by atoms with Crippen molar-refractivity contribution in [3.8, 4) is 0 Å². The summed E-state index contributed by atoms with van der Waals surface area (Å²) in [5.41, 5.74) is 1.04. The molecule has 7 heteroatoms. The summed E-state index contributed by atoms with van der Waals surface area (Å²) in [7, 11) is -4.48. The van der Waals surface area contributed by atoms with Gasteiger partial charge in [-0.05, 0) is 17.7 Å². The molecule has 0 spiro atoms. The molecule has 5 nitrogen and oxygen atoms in total. The molecule has 21 heavy (non-hydrogen) atoms. The van der Waals surface area contributed by atoms with Crippen LogP contribution < -0.4 is 10.0 Å². The van der Waals surface area contributed by atoms with E-state index in [4.69, 9.17) is 0 Å². The average molecular weight is 332 g/mol. The van der Waals surface area contributed by atoms with Crippen molar-refractivity contribution in [2.45, 2.75) is 38.3 Å². The molecule has 0 saturated heterocycles. The van der Waals surface area contributed by atoms with Crippen LogP contribution in [0.5, 0.6) is 0 Å². The topological polar surface area (TPSA) is 75.3 Å². The minimum absolute atomic E-state index is 0.194. The fourth-order valence-electron chi connectivity index (χ4n) is 1.63. The zero-order valence-corrected chi connectivity index (χ0v) is 14.4. The minimum Gasteiger partial charge on any atom is -0.310 e. The van der Waals surface area contributed by atoms with Gasteiger partial charge in [0, 0.05) is 41.4 Å². The van der Waals surface area contributed by atoms with Gasteiger partial charge in [0.2, 0.25) is 10.0 Å². The Morgan fingerprint density at radius 3 is 2.33 bits per heavy atom. The van der Waals surface area contributed by atoms with E-state index in [1.165, 1.54) is 0 Å². The molecule has 0 aliphatic heterocycles. The van der Waals surface area contributed by atoms with E-state index in [1.54, 1.807) is 24.3 Å². The van der Waals surface area contributed by atoms with E-state index in [-0.39, 0.29) is 11.4 Å². The van der Waals surface area contributed by atoms with Crippen molar-refractivity contribution in [3.05, 3.63) is 29.8 Å². The zero-order valence-electron chi connectivity index (χ0n) is 12.8. The van der Waals surface area contributed by atoms with E-state index in [1.807, 2.05) is 6.92 Å². The van der Waals surface area contributed by atoms with Crippen molar-refractivity contribution in [2.75, 3.05) is 18.1 Å². The molecule has 1 aromatic rings. The Balaban J connectivity index is 2.60. The predicted molar refractivity (Wildman–Crippen MR) is 87.2 cm³/mol. The maximum atomic E-state index is 12.1. The molecule has 0 heterocycles. The van der Waals surface area contributed by atoms with Gasteiger partial charge in [0.15, 0.2) is 0 Å². The van der Waals surface area contributed by atoms with E-state index >= 15 is 0 Å². The molecule has 0 aliphatic carbocycles. The van der Waals surface area contributed by atoms with Gasteiger partial charge in [-0.25, -0.2) is 13.1 Å². The second-order valence-electron chi connectivity index (χ2n) is 5.01. The van der Waals surface area contributed by atoms with E-state index in [0.717, 1.165) is 5.56 Å². The lowest BCUT2D eigenvalue weighted by molar-refractivity contribution is 0.582. The molecular weight excluding hydrogens is 308 g/mol. The first kappa shape index (κ1) is 18.3. The fourth-order valence-corrected chi connectivity index (χ4v) is 3.41. The monoisotopic (exact) mass is 332 g/mol.